The number of aromatic amines is 1. The van der Waals surface area contributed by atoms with Crippen molar-refractivity contribution in [2.45, 2.75) is 12.8 Å². The van der Waals surface area contributed by atoms with Crippen LogP contribution in [0.5, 0.6) is 0 Å². The van der Waals surface area contributed by atoms with Crippen LogP contribution in [0, 0.1) is 6.92 Å². The van der Waals surface area contributed by atoms with Gasteiger partial charge in [-0.1, -0.05) is 66.7 Å². The van der Waals surface area contributed by atoms with Crippen LogP contribution in [-0.4, -0.2) is 21.8 Å². The highest BCUT2D eigenvalue weighted by Gasteiger charge is 2.41. The van der Waals surface area contributed by atoms with E-state index >= 15 is 0 Å². The summed E-state index contributed by atoms with van der Waals surface area (Å²) in [4.78, 5) is 26.4. The number of hydrogen-bond donors (Lipinski definition) is 2. The van der Waals surface area contributed by atoms with Gasteiger partial charge in [0.25, 0.3) is 0 Å². The van der Waals surface area contributed by atoms with Crippen molar-refractivity contribution < 1.29 is 9.59 Å². The molecule has 0 saturated heterocycles. The first kappa shape index (κ1) is 16.4. The molecule has 2 aromatic carbocycles. The van der Waals surface area contributed by atoms with Gasteiger partial charge in [-0.15, -0.1) is 0 Å². The summed E-state index contributed by atoms with van der Waals surface area (Å²) in [6, 6.07) is 16.9. The fourth-order valence-corrected chi connectivity index (χ4v) is 3.96. The Hall–Kier alpha value is -3.73. The first-order valence-corrected chi connectivity index (χ1v) is 9.13. The summed E-state index contributed by atoms with van der Waals surface area (Å²) in [5.41, 5.74) is 4.48. The lowest BCUT2D eigenvalue weighted by Crippen LogP contribution is -2.31. The summed E-state index contributed by atoms with van der Waals surface area (Å²) >= 11 is 0. The number of ketones is 2. The predicted molar refractivity (Wildman–Crippen MR) is 107 cm³/mol. The van der Waals surface area contributed by atoms with E-state index < -0.39 is 0 Å². The van der Waals surface area contributed by atoms with Crippen LogP contribution in [0.4, 0.5) is 5.82 Å². The van der Waals surface area contributed by atoms with E-state index in [9.17, 15) is 9.59 Å². The van der Waals surface area contributed by atoms with Crippen LogP contribution in [0.15, 0.2) is 71.9 Å². The Morgan fingerprint density at radius 2 is 1.61 bits per heavy atom. The van der Waals surface area contributed by atoms with Crippen molar-refractivity contribution in [1.29, 1.82) is 0 Å². The first-order valence-electron chi connectivity index (χ1n) is 9.13. The van der Waals surface area contributed by atoms with Crippen LogP contribution in [0.2, 0.25) is 0 Å². The maximum absolute atomic E-state index is 13.3. The Bertz CT molecular complexity index is 1190. The molecule has 28 heavy (non-hydrogen) atoms. The zero-order valence-corrected chi connectivity index (χ0v) is 15.2. The van der Waals surface area contributed by atoms with Crippen molar-refractivity contribution in [3.8, 4) is 0 Å². The molecular weight excluding hydrogens is 350 g/mol. The maximum atomic E-state index is 13.3. The minimum absolute atomic E-state index is 0.119. The Morgan fingerprint density at radius 1 is 0.929 bits per heavy atom. The first-order chi connectivity index (χ1) is 13.6. The summed E-state index contributed by atoms with van der Waals surface area (Å²) in [5, 5.41) is 10.4. The van der Waals surface area contributed by atoms with Gasteiger partial charge in [-0.2, -0.15) is 5.10 Å². The molecule has 2 heterocycles. The lowest BCUT2D eigenvalue weighted by atomic mass is 9.76. The molecule has 1 aliphatic carbocycles. The number of allylic oxidation sites excluding steroid dienone is 3. The second kappa shape index (κ2) is 6.16. The zero-order valence-electron chi connectivity index (χ0n) is 15.2. The molecule has 0 radical (unpaired) electrons. The third-order valence-corrected chi connectivity index (χ3v) is 5.30. The molecule has 5 rings (SSSR count). The number of nitrogens with one attached hydrogen (secondary N) is 2. The minimum atomic E-state index is -0.352. The van der Waals surface area contributed by atoms with Crippen LogP contribution in [-0.2, 0) is 0 Å². The molecule has 136 valence electrons. The van der Waals surface area contributed by atoms with Gasteiger partial charge < -0.3 is 5.32 Å². The van der Waals surface area contributed by atoms with Crippen LogP contribution >= 0.6 is 0 Å². The number of carbonyl (C=O) groups is 2. The number of aromatic nitrogens is 2. The summed E-state index contributed by atoms with van der Waals surface area (Å²) in [5.74, 6) is -0.0456. The van der Waals surface area contributed by atoms with Crippen molar-refractivity contribution in [2.24, 2.45) is 0 Å². The Kier molecular flexibility index (Phi) is 3.62. The Labute approximate surface area is 161 Å². The van der Waals surface area contributed by atoms with Crippen LogP contribution in [0.1, 0.15) is 43.5 Å². The number of anilines is 1. The summed E-state index contributed by atoms with van der Waals surface area (Å²) in [7, 11) is 0. The molecular formula is C23H17N3O2. The highest BCUT2D eigenvalue weighted by molar-refractivity contribution is 6.29. The topological polar surface area (TPSA) is 74.8 Å². The van der Waals surface area contributed by atoms with Crippen LogP contribution in [0.25, 0.3) is 6.08 Å². The van der Waals surface area contributed by atoms with Gasteiger partial charge in [-0.25, -0.2) is 0 Å². The Morgan fingerprint density at radius 3 is 2.36 bits per heavy atom. The van der Waals surface area contributed by atoms with Gasteiger partial charge in [-0.3, -0.25) is 14.7 Å². The van der Waals surface area contributed by atoms with E-state index in [-0.39, 0.29) is 17.5 Å². The monoisotopic (exact) mass is 367 g/mol. The van der Waals surface area contributed by atoms with Crippen molar-refractivity contribution in [1.82, 2.24) is 10.2 Å². The molecule has 0 fully saturated rings. The second-order valence-corrected chi connectivity index (χ2v) is 6.98. The quantitative estimate of drug-likeness (QED) is 0.709. The van der Waals surface area contributed by atoms with Gasteiger partial charge in [0.1, 0.15) is 0 Å². The highest BCUT2D eigenvalue weighted by atomic mass is 16.1. The summed E-state index contributed by atoms with van der Waals surface area (Å²) in [6.45, 7) is 1.92. The van der Waals surface area contributed by atoms with E-state index in [0.717, 1.165) is 16.8 Å². The number of Topliss-reactive ketones (excluding diaryl/α,β-unsaturated/α-hetero) is 2. The average Bonchev–Trinajstić information content (AvgIpc) is 3.11. The van der Waals surface area contributed by atoms with E-state index in [0.29, 0.717) is 28.2 Å². The van der Waals surface area contributed by atoms with E-state index in [1.165, 1.54) is 0 Å². The van der Waals surface area contributed by atoms with E-state index in [1.807, 2.05) is 49.4 Å². The van der Waals surface area contributed by atoms with Crippen LogP contribution < -0.4 is 5.32 Å². The van der Waals surface area contributed by atoms with Gasteiger partial charge in [-0.05, 0) is 12.5 Å². The molecule has 1 aliphatic heterocycles. The SMILES string of the molecule is Cc1[nH]nc2c1C(/C=C/c1ccccc1)C1=C(N2)C(=O)c2ccccc2C1=O. The lowest BCUT2D eigenvalue weighted by Gasteiger charge is -2.30. The molecule has 0 bridgehead atoms. The van der Waals surface area contributed by atoms with Gasteiger partial charge in [0.05, 0.1) is 5.70 Å². The molecule has 0 saturated carbocycles. The number of aryl methyl sites for hydroxylation is 1. The van der Waals surface area contributed by atoms with Crippen molar-refractivity contribution >= 4 is 23.5 Å². The normalized spacial score (nSPS) is 18.0. The van der Waals surface area contributed by atoms with E-state index in [2.05, 4.69) is 15.5 Å². The lowest BCUT2D eigenvalue weighted by molar-refractivity contribution is 0.0971. The van der Waals surface area contributed by atoms with Gasteiger partial charge in [0.2, 0.25) is 5.78 Å². The zero-order chi connectivity index (χ0) is 19.3. The highest BCUT2D eigenvalue weighted by Crippen LogP contribution is 2.43. The summed E-state index contributed by atoms with van der Waals surface area (Å²) < 4.78 is 0. The smallest absolute Gasteiger partial charge is 0.210 e. The molecule has 2 aliphatic rings. The molecule has 5 heteroatoms. The molecule has 1 unspecified atom stereocenters. The standard InChI is InChI=1S/C23H17N3O2/c1-13-18-17(12-11-14-7-3-2-4-8-14)19-20(24-23(18)26-25-13)22(28)16-10-6-5-9-15(16)21(19)27/h2-12,17H,1H3,(H2,24,25,26)/b12-11+. The number of rotatable bonds is 2. The molecule has 0 spiro atoms. The molecule has 1 atom stereocenters. The molecule has 1 aromatic heterocycles. The third-order valence-electron chi connectivity index (χ3n) is 5.30. The van der Waals surface area contributed by atoms with E-state index in [1.54, 1.807) is 24.3 Å². The van der Waals surface area contributed by atoms with Gasteiger partial charge >= 0.3 is 0 Å². The van der Waals surface area contributed by atoms with Gasteiger partial charge in [0.15, 0.2) is 11.6 Å². The van der Waals surface area contributed by atoms with Crippen molar-refractivity contribution in [3.05, 3.63) is 99.9 Å². The molecule has 0 amide bonds. The minimum Gasteiger partial charge on any atom is -0.335 e. The molecule has 5 nitrogen and oxygen atoms in total. The number of nitrogens with zero attached hydrogens (tertiary/aromatic N) is 1. The second-order valence-electron chi connectivity index (χ2n) is 6.98. The molecule has 2 N–H and O–H groups in total. The number of carbonyl (C=O) groups excluding carboxylic acids is 2. The van der Waals surface area contributed by atoms with Crippen molar-refractivity contribution in [2.75, 3.05) is 5.32 Å². The predicted octanol–water partition coefficient (Wildman–Crippen LogP) is 4.27. The van der Waals surface area contributed by atoms with Crippen molar-refractivity contribution in [3.63, 3.8) is 0 Å². The average molecular weight is 367 g/mol. The van der Waals surface area contributed by atoms with Gasteiger partial charge in [0, 0.05) is 33.9 Å². The van der Waals surface area contributed by atoms with E-state index in [4.69, 9.17) is 0 Å². The summed E-state index contributed by atoms with van der Waals surface area (Å²) in [6.07, 6.45) is 3.96. The van der Waals surface area contributed by atoms with Crippen LogP contribution in [0.3, 0.4) is 0 Å². The number of hydrogen-bond acceptors (Lipinski definition) is 4. The Balaban J connectivity index is 1.69. The third kappa shape index (κ3) is 2.36. The molecule has 3 aromatic rings. The fraction of sp³-hybridized carbons (Fsp3) is 0.0870. The maximum Gasteiger partial charge on any atom is 0.210 e. The number of benzene rings is 2. The number of fused-ring (bicyclic) bond motifs is 2. The number of H-pyrrole nitrogens is 1. The largest absolute Gasteiger partial charge is 0.335 e. The fourth-order valence-electron chi connectivity index (χ4n) is 3.96.